The van der Waals surface area contributed by atoms with Crippen LogP contribution in [0, 0.1) is 5.92 Å². The van der Waals surface area contributed by atoms with E-state index in [4.69, 9.17) is 4.74 Å². The highest BCUT2D eigenvalue weighted by Crippen LogP contribution is 2.25. The van der Waals surface area contributed by atoms with Crippen LogP contribution in [0.15, 0.2) is 18.3 Å². The van der Waals surface area contributed by atoms with E-state index in [0.717, 1.165) is 29.6 Å². The second kappa shape index (κ2) is 5.18. The summed E-state index contributed by atoms with van der Waals surface area (Å²) >= 11 is 2.05. The first-order chi connectivity index (χ1) is 8.86. The van der Waals surface area contributed by atoms with Crippen molar-refractivity contribution in [2.45, 2.75) is 19.3 Å². The molecule has 1 saturated heterocycles. The monoisotopic (exact) mass is 263 g/mol. The average molecular weight is 263 g/mol. The third-order valence-corrected chi connectivity index (χ3v) is 4.45. The number of pyridine rings is 1. The molecule has 0 atom stereocenters. The van der Waals surface area contributed by atoms with Crippen molar-refractivity contribution >= 4 is 17.4 Å². The summed E-state index contributed by atoms with van der Waals surface area (Å²) in [5, 5.41) is 4.53. The van der Waals surface area contributed by atoms with Gasteiger partial charge in [0.2, 0.25) is 0 Å². The molecule has 4 nitrogen and oxygen atoms in total. The van der Waals surface area contributed by atoms with Gasteiger partial charge in [-0.2, -0.15) is 16.9 Å². The Hall–Kier alpha value is -1.23. The van der Waals surface area contributed by atoms with Gasteiger partial charge in [0.25, 0.3) is 0 Å². The summed E-state index contributed by atoms with van der Waals surface area (Å²) in [6, 6.07) is 3.85. The van der Waals surface area contributed by atoms with Crippen LogP contribution in [0.3, 0.4) is 0 Å². The Bertz CT molecular complexity index is 534. The molecule has 1 fully saturated rings. The van der Waals surface area contributed by atoms with Crippen molar-refractivity contribution < 1.29 is 4.74 Å². The molecule has 3 heterocycles. The van der Waals surface area contributed by atoms with E-state index >= 15 is 0 Å². The number of ether oxygens (including phenoxy) is 1. The SMILES string of the molecule is COc1cccn2nc(CC3CCSCC3)nc12. The van der Waals surface area contributed by atoms with Gasteiger partial charge in [-0.1, -0.05) is 0 Å². The van der Waals surface area contributed by atoms with E-state index in [1.807, 2.05) is 22.8 Å². The second-order valence-electron chi connectivity index (χ2n) is 4.63. The molecule has 0 bridgehead atoms. The van der Waals surface area contributed by atoms with Gasteiger partial charge >= 0.3 is 0 Å². The summed E-state index contributed by atoms with van der Waals surface area (Å²) in [5.74, 6) is 5.03. The maximum Gasteiger partial charge on any atom is 0.198 e. The number of hydrogen-bond acceptors (Lipinski definition) is 4. The molecule has 2 aromatic heterocycles. The summed E-state index contributed by atoms with van der Waals surface area (Å²) in [7, 11) is 1.67. The minimum absolute atomic E-state index is 0.745. The first kappa shape index (κ1) is 11.8. The van der Waals surface area contributed by atoms with Crippen LogP contribution in [0.5, 0.6) is 5.75 Å². The second-order valence-corrected chi connectivity index (χ2v) is 5.86. The molecule has 0 aliphatic carbocycles. The number of nitrogens with zero attached hydrogens (tertiary/aromatic N) is 3. The van der Waals surface area contributed by atoms with E-state index < -0.39 is 0 Å². The zero-order valence-corrected chi connectivity index (χ0v) is 11.3. The van der Waals surface area contributed by atoms with Crippen molar-refractivity contribution in [1.29, 1.82) is 0 Å². The summed E-state index contributed by atoms with van der Waals surface area (Å²) in [5.41, 5.74) is 0.820. The largest absolute Gasteiger partial charge is 0.493 e. The Morgan fingerprint density at radius 1 is 1.44 bits per heavy atom. The van der Waals surface area contributed by atoms with Crippen LogP contribution < -0.4 is 4.74 Å². The minimum Gasteiger partial charge on any atom is -0.493 e. The third kappa shape index (κ3) is 2.32. The molecule has 0 spiro atoms. The normalized spacial score (nSPS) is 17.2. The van der Waals surface area contributed by atoms with Gasteiger partial charge in [-0.05, 0) is 42.4 Å². The number of aromatic nitrogens is 3. The van der Waals surface area contributed by atoms with Gasteiger partial charge < -0.3 is 4.74 Å². The van der Waals surface area contributed by atoms with E-state index in [2.05, 4.69) is 21.8 Å². The van der Waals surface area contributed by atoms with E-state index in [-0.39, 0.29) is 0 Å². The van der Waals surface area contributed by atoms with Gasteiger partial charge in [0.15, 0.2) is 17.2 Å². The van der Waals surface area contributed by atoms with Crippen LogP contribution in [0.2, 0.25) is 0 Å². The van der Waals surface area contributed by atoms with Gasteiger partial charge in [0.1, 0.15) is 0 Å². The number of thioether (sulfide) groups is 1. The third-order valence-electron chi connectivity index (χ3n) is 3.40. The van der Waals surface area contributed by atoms with E-state index in [1.165, 1.54) is 24.3 Å². The molecule has 5 heteroatoms. The Labute approximate surface area is 111 Å². The van der Waals surface area contributed by atoms with Crippen molar-refractivity contribution in [3.05, 3.63) is 24.2 Å². The first-order valence-corrected chi connectivity index (χ1v) is 7.48. The summed E-state index contributed by atoms with van der Waals surface area (Å²) in [6.07, 6.45) is 5.49. The van der Waals surface area contributed by atoms with Crippen LogP contribution in [-0.4, -0.2) is 33.2 Å². The molecule has 3 rings (SSSR count). The van der Waals surface area contributed by atoms with E-state index in [1.54, 1.807) is 7.11 Å². The Balaban J connectivity index is 1.84. The molecule has 18 heavy (non-hydrogen) atoms. The molecule has 0 N–H and O–H groups in total. The lowest BCUT2D eigenvalue weighted by atomic mass is 9.99. The Morgan fingerprint density at radius 3 is 3.06 bits per heavy atom. The van der Waals surface area contributed by atoms with Crippen molar-refractivity contribution in [3.8, 4) is 5.75 Å². The zero-order valence-electron chi connectivity index (χ0n) is 10.5. The lowest BCUT2D eigenvalue weighted by Gasteiger charge is -2.19. The van der Waals surface area contributed by atoms with E-state index in [9.17, 15) is 0 Å². The van der Waals surface area contributed by atoms with Crippen LogP contribution in [-0.2, 0) is 6.42 Å². The maximum absolute atomic E-state index is 5.30. The average Bonchev–Trinajstić information content (AvgIpc) is 2.82. The lowest BCUT2D eigenvalue weighted by Crippen LogP contribution is -2.13. The standard InChI is InChI=1S/C13H17N3OS/c1-17-11-3-2-6-16-13(11)14-12(15-16)9-10-4-7-18-8-5-10/h2-3,6,10H,4-5,7-9H2,1H3. The lowest BCUT2D eigenvalue weighted by molar-refractivity contribution is 0.416. The molecular formula is C13H17N3OS. The van der Waals surface area contributed by atoms with Gasteiger partial charge in [-0.3, -0.25) is 0 Å². The summed E-state index contributed by atoms with van der Waals surface area (Å²) < 4.78 is 7.12. The fourth-order valence-corrected chi connectivity index (χ4v) is 3.58. The van der Waals surface area contributed by atoms with Crippen LogP contribution in [0.4, 0.5) is 0 Å². The predicted octanol–water partition coefficient (Wildman–Crippen LogP) is 2.42. The molecule has 0 amide bonds. The predicted molar refractivity (Wildman–Crippen MR) is 73.3 cm³/mol. The van der Waals surface area contributed by atoms with Crippen molar-refractivity contribution in [1.82, 2.24) is 14.6 Å². The molecule has 1 aliphatic heterocycles. The Morgan fingerprint density at radius 2 is 2.28 bits per heavy atom. The first-order valence-electron chi connectivity index (χ1n) is 6.33. The maximum atomic E-state index is 5.30. The molecule has 2 aromatic rings. The number of fused-ring (bicyclic) bond motifs is 1. The Kier molecular flexibility index (Phi) is 3.41. The van der Waals surface area contributed by atoms with Crippen LogP contribution in [0.25, 0.3) is 5.65 Å². The van der Waals surface area contributed by atoms with E-state index in [0.29, 0.717) is 0 Å². The quantitative estimate of drug-likeness (QED) is 0.852. The fourth-order valence-electron chi connectivity index (χ4n) is 2.38. The highest BCUT2D eigenvalue weighted by atomic mass is 32.2. The van der Waals surface area contributed by atoms with Gasteiger partial charge in [-0.15, -0.1) is 0 Å². The van der Waals surface area contributed by atoms with Gasteiger partial charge in [-0.25, -0.2) is 9.50 Å². The molecule has 1 aliphatic rings. The molecule has 0 saturated carbocycles. The highest BCUT2D eigenvalue weighted by Gasteiger charge is 2.17. The molecule has 0 unspecified atom stereocenters. The van der Waals surface area contributed by atoms with Gasteiger partial charge in [0.05, 0.1) is 7.11 Å². The topological polar surface area (TPSA) is 39.4 Å². The number of methoxy groups -OCH3 is 1. The fraction of sp³-hybridized carbons (Fsp3) is 0.538. The minimum atomic E-state index is 0.745. The summed E-state index contributed by atoms with van der Waals surface area (Å²) in [4.78, 5) is 4.60. The molecular weight excluding hydrogens is 246 g/mol. The number of rotatable bonds is 3. The molecule has 0 aromatic carbocycles. The van der Waals surface area contributed by atoms with Crippen LogP contribution in [0.1, 0.15) is 18.7 Å². The van der Waals surface area contributed by atoms with Crippen molar-refractivity contribution in [3.63, 3.8) is 0 Å². The zero-order chi connectivity index (χ0) is 12.4. The smallest absolute Gasteiger partial charge is 0.198 e. The molecule has 96 valence electrons. The van der Waals surface area contributed by atoms with Gasteiger partial charge in [0, 0.05) is 12.6 Å². The summed E-state index contributed by atoms with van der Waals surface area (Å²) in [6.45, 7) is 0. The number of hydrogen-bond donors (Lipinski definition) is 0. The van der Waals surface area contributed by atoms with Crippen molar-refractivity contribution in [2.24, 2.45) is 5.92 Å². The highest BCUT2D eigenvalue weighted by molar-refractivity contribution is 7.99. The molecule has 0 radical (unpaired) electrons. The van der Waals surface area contributed by atoms with Crippen LogP contribution >= 0.6 is 11.8 Å². The van der Waals surface area contributed by atoms with Crippen molar-refractivity contribution in [2.75, 3.05) is 18.6 Å².